The summed E-state index contributed by atoms with van der Waals surface area (Å²) in [7, 11) is 0. The van der Waals surface area contributed by atoms with Crippen LogP contribution in [0.4, 0.5) is 5.82 Å². The van der Waals surface area contributed by atoms with Crippen LogP contribution in [0.3, 0.4) is 0 Å². The molecule has 0 atom stereocenters. The average molecular weight is 405 g/mol. The van der Waals surface area contributed by atoms with E-state index < -0.39 is 0 Å². The topological polar surface area (TPSA) is 46.9 Å². The Labute approximate surface area is 153 Å². The number of benzene rings is 2. The van der Waals surface area contributed by atoms with Crippen LogP contribution in [0.2, 0.25) is 5.02 Å². The Morgan fingerprint density at radius 2 is 2.00 bits per heavy atom. The third kappa shape index (κ3) is 3.52. The lowest BCUT2D eigenvalue weighted by Crippen LogP contribution is -2.13. The molecular weight excluding hydrogens is 390 g/mol. The Hall–Kier alpha value is -2.11. The zero-order chi connectivity index (χ0) is 17.1. The largest absolute Gasteiger partial charge is 0.305 e. The number of hydrogen-bond donors (Lipinski definition) is 1. The molecule has 2 aromatic carbocycles. The number of nitrogens with one attached hydrogen (secondary N) is 1. The highest BCUT2D eigenvalue weighted by atomic mass is 79.9. The maximum Gasteiger partial charge on any atom is 0.258 e. The fourth-order valence-corrected chi connectivity index (χ4v) is 3.04. The molecule has 0 aliphatic heterocycles. The van der Waals surface area contributed by atoms with Crippen LogP contribution in [0.1, 0.15) is 23.0 Å². The van der Waals surface area contributed by atoms with Gasteiger partial charge in [0.1, 0.15) is 0 Å². The number of aromatic nitrogens is 2. The van der Waals surface area contributed by atoms with Gasteiger partial charge in [-0.25, -0.2) is 4.68 Å². The van der Waals surface area contributed by atoms with Crippen LogP contribution in [-0.2, 0) is 6.42 Å². The van der Waals surface area contributed by atoms with Gasteiger partial charge in [0.05, 0.1) is 11.3 Å². The van der Waals surface area contributed by atoms with E-state index >= 15 is 0 Å². The van der Waals surface area contributed by atoms with E-state index in [-0.39, 0.29) is 5.91 Å². The van der Waals surface area contributed by atoms with Crippen molar-refractivity contribution in [1.29, 1.82) is 0 Å². The number of carbonyl (C=O) groups excluding carboxylic acids is 1. The van der Waals surface area contributed by atoms with Crippen LogP contribution in [-0.4, -0.2) is 15.7 Å². The van der Waals surface area contributed by atoms with Gasteiger partial charge in [0.2, 0.25) is 0 Å². The van der Waals surface area contributed by atoms with Crippen molar-refractivity contribution in [2.45, 2.75) is 13.3 Å². The lowest BCUT2D eigenvalue weighted by molar-refractivity contribution is 0.102. The average Bonchev–Trinajstić information content (AvgIpc) is 2.98. The number of anilines is 1. The van der Waals surface area contributed by atoms with E-state index in [2.05, 4.69) is 26.3 Å². The molecule has 0 saturated carbocycles. The van der Waals surface area contributed by atoms with Crippen LogP contribution in [0.25, 0.3) is 5.69 Å². The van der Waals surface area contributed by atoms with E-state index in [1.807, 2.05) is 55.5 Å². The molecule has 1 amide bonds. The Morgan fingerprint density at radius 3 is 2.71 bits per heavy atom. The van der Waals surface area contributed by atoms with Crippen molar-refractivity contribution in [2.75, 3.05) is 5.32 Å². The summed E-state index contributed by atoms with van der Waals surface area (Å²) in [5.41, 5.74) is 2.41. The van der Waals surface area contributed by atoms with Gasteiger partial charge in [-0.3, -0.25) is 4.79 Å². The van der Waals surface area contributed by atoms with Gasteiger partial charge >= 0.3 is 0 Å². The Kier molecular flexibility index (Phi) is 5.02. The molecule has 0 unspecified atom stereocenters. The zero-order valence-electron chi connectivity index (χ0n) is 13.0. The molecule has 1 aromatic heterocycles. The normalized spacial score (nSPS) is 10.6. The molecule has 0 saturated heterocycles. The first-order chi connectivity index (χ1) is 11.6. The van der Waals surface area contributed by atoms with Crippen molar-refractivity contribution in [3.8, 4) is 5.69 Å². The maximum atomic E-state index is 12.4. The first-order valence-corrected chi connectivity index (χ1v) is 8.66. The third-order valence-corrected chi connectivity index (χ3v) is 4.48. The van der Waals surface area contributed by atoms with Crippen LogP contribution in [0.15, 0.2) is 59.1 Å². The number of rotatable bonds is 4. The van der Waals surface area contributed by atoms with Gasteiger partial charge in [-0.15, -0.1) is 5.10 Å². The smallest absolute Gasteiger partial charge is 0.258 e. The number of amides is 1. The molecule has 3 aromatic rings. The molecule has 0 spiro atoms. The van der Waals surface area contributed by atoms with Gasteiger partial charge in [0.15, 0.2) is 5.82 Å². The fourth-order valence-electron chi connectivity index (χ4n) is 2.39. The minimum Gasteiger partial charge on any atom is -0.305 e. The number of carbonyl (C=O) groups is 1. The third-order valence-electron chi connectivity index (χ3n) is 3.56. The number of hydrogen-bond acceptors (Lipinski definition) is 2. The highest BCUT2D eigenvalue weighted by Crippen LogP contribution is 2.21. The van der Waals surface area contributed by atoms with Gasteiger partial charge in [-0.2, -0.15) is 0 Å². The summed E-state index contributed by atoms with van der Waals surface area (Å²) in [5, 5.41) is 7.99. The molecule has 24 heavy (non-hydrogen) atoms. The molecule has 0 aliphatic carbocycles. The van der Waals surface area contributed by atoms with E-state index in [0.717, 1.165) is 22.3 Å². The molecule has 0 aliphatic rings. The van der Waals surface area contributed by atoms with E-state index in [1.165, 1.54) is 0 Å². The zero-order valence-corrected chi connectivity index (χ0v) is 15.3. The van der Waals surface area contributed by atoms with Gasteiger partial charge in [-0.05, 0) is 52.7 Å². The summed E-state index contributed by atoms with van der Waals surface area (Å²) in [6, 6.07) is 16.6. The van der Waals surface area contributed by atoms with Gasteiger partial charge in [-0.1, -0.05) is 36.7 Å². The predicted molar refractivity (Wildman–Crippen MR) is 100 cm³/mol. The standard InChI is InChI=1S/C18H15BrClN3O/c1-2-13-11-17(21-18(24)15-8-3-4-9-16(15)19)22-23(13)14-7-5-6-12(20)10-14/h3-11H,2H2,1H3,(H,21,22,24). The summed E-state index contributed by atoms with van der Waals surface area (Å²) in [5.74, 6) is 0.299. The first kappa shape index (κ1) is 16.7. The first-order valence-electron chi connectivity index (χ1n) is 7.49. The fraction of sp³-hybridized carbons (Fsp3) is 0.111. The van der Waals surface area contributed by atoms with Crippen molar-refractivity contribution in [3.63, 3.8) is 0 Å². The van der Waals surface area contributed by atoms with Crippen molar-refractivity contribution in [1.82, 2.24) is 9.78 Å². The van der Waals surface area contributed by atoms with E-state index in [4.69, 9.17) is 11.6 Å². The quantitative estimate of drug-likeness (QED) is 0.657. The lowest BCUT2D eigenvalue weighted by atomic mass is 10.2. The lowest BCUT2D eigenvalue weighted by Gasteiger charge is -2.06. The molecule has 0 fully saturated rings. The van der Waals surface area contributed by atoms with E-state index in [0.29, 0.717) is 16.4 Å². The summed E-state index contributed by atoms with van der Waals surface area (Å²) < 4.78 is 2.54. The van der Waals surface area contributed by atoms with E-state index in [1.54, 1.807) is 10.7 Å². The number of halogens is 2. The number of nitrogens with zero attached hydrogens (tertiary/aromatic N) is 2. The molecule has 1 heterocycles. The Bertz CT molecular complexity index is 891. The molecule has 122 valence electrons. The van der Waals surface area contributed by atoms with Crippen molar-refractivity contribution >= 4 is 39.3 Å². The Morgan fingerprint density at radius 1 is 1.21 bits per heavy atom. The molecule has 0 bridgehead atoms. The molecule has 0 radical (unpaired) electrons. The summed E-state index contributed by atoms with van der Waals surface area (Å²) in [6.07, 6.45) is 0.782. The highest BCUT2D eigenvalue weighted by Gasteiger charge is 2.14. The minimum absolute atomic E-state index is 0.208. The Balaban J connectivity index is 1.90. The SMILES string of the molecule is CCc1cc(NC(=O)c2ccccc2Br)nn1-c1cccc(Cl)c1. The van der Waals surface area contributed by atoms with E-state index in [9.17, 15) is 4.79 Å². The van der Waals surface area contributed by atoms with Crippen LogP contribution in [0, 0.1) is 0 Å². The van der Waals surface area contributed by atoms with Crippen molar-refractivity contribution < 1.29 is 4.79 Å². The molecule has 1 N–H and O–H groups in total. The second-order valence-electron chi connectivity index (χ2n) is 5.20. The molecule has 6 heteroatoms. The second kappa shape index (κ2) is 7.20. The molecular formula is C18H15BrClN3O. The second-order valence-corrected chi connectivity index (χ2v) is 6.49. The summed E-state index contributed by atoms with van der Waals surface area (Å²) in [4.78, 5) is 12.4. The van der Waals surface area contributed by atoms with Crippen LogP contribution < -0.4 is 5.32 Å². The number of aryl methyl sites for hydroxylation is 1. The van der Waals surface area contributed by atoms with Crippen LogP contribution in [0.5, 0.6) is 0 Å². The monoisotopic (exact) mass is 403 g/mol. The predicted octanol–water partition coefficient (Wildman–Crippen LogP) is 5.10. The minimum atomic E-state index is -0.208. The summed E-state index contributed by atoms with van der Waals surface area (Å²) >= 11 is 9.45. The van der Waals surface area contributed by atoms with Crippen molar-refractivity contribution in [2.24, 2.45) is 0 Å². The van der Waals surface area contributed by atoms with Gasteiger partial charge in [0.25, 0.3) is 5.91 Å². The molecule has 3 rings (SSSR count). The van der Waals surface area contributed by atoms with Gasteiger partial charge in [0, 0.05) is 21.3 Å². The molecule has 4 nitrogen and oxygen atoms in total. The summed E-state index contributed by atoms with van der Waals surface area (Å²) in [6.45, 7) is 2.04. The van der Waals surface area contributed by atoms with Gasteiger partial charge < -0.3 is 5.32 Å². The van der Waals surface area contributed by atoms with Crippen molar-refractivity contribution in [3.05, 3.63) is 75.4 Å². The van der Waals surface area contributed by atoms with Crippen LogP contribution >= 0.6 is 27.5 Å². The maximum absolute atomic E-state index is 12.4. The highest BCUT2D eigenvalue weighted by molar-refractivity contribution is 9.10.